The summed E-state index contributed by atoms with van der Waals surface area (Å²) in [7, 11) is 0. The SMILES string of the molecule is Cc1nonc1NC(=O)COc1ccc(Cl)cc1. The number of nitrogens with zero attached hydrogens (tertiary/aromatic N) is 2. The second-order valence-electron chi connectivity index (χ2n) is 3.49. The molecule has 0 aliphatic rings. The summed E-state index contributed by atoms with van der Waals surface area (Å²) in [6.45, 7) is 1.54. The van der Waals surface area contributed by atoms with Gasteiger partial charge in [0.25, 0.3) is 5.91 Å². The lowest BCUT2D eigenvalue weighted by molar-refractivity contribution is -0.118. The Morgan fingerprint density at radius 2 is 2.11 bits per heavy atom. The van der Waals surface area contributed by atoms with Gasteiger partial charge in [-0.3, -0.25) is 4.79 Å². The van der Waals surface area contributed by atoms with Gasteiger partial charge in [-0.15, -0.1) is 0 Å². The molecule has 1 aromatic heterocycles. The fraction of sp³-hybridized carbons (Fsp3) is 0.182. The highest BCUT2D eigenvalue weighted by molar-refractivity contribution is 6.30. The van der Waals surface area contributed by atoms with E-state index in [0.717, 1.165) is 0 Å². The van der Waals surface area contributed by atoms with Crippen molar-refractivity contribution < 1.29 is 14.2 Å². The third-order valence-corrected chi connectivity index (χ3v) is 2.35. The summed E-state index contributed by atoms with van der Waals surface area (Å²) in [5, 5.41) is 10.2. The van der Waals surface area contributed by atoms with Crippen LogP contribution in [0.2, 0.25) is 5.02 Å². The standard InChI is InChI=1S/C11H10ClN3O3/c1-7-11(15-18-14-7)13-10(16)6-17-9-4-2-8(12)3-5-9/h2-5H,6H2,1H3,(H,13,15,16). The molecule has 1 heterocycles. The first kappa shape index (κ1) is 12.4. The number of hydrogen-bond donors (Lipinski definition) is 1. The molecule has 0 unspecified atom stereocenters. The number of anilines is 1. The van der Waals surface area contributed by atoms with Gasteiger partial charge >= 0.3 is 0 Å². The molecule has 0 bridgehead atoms. The van der Waals surface area contributed by atoms with E-state index < -0.39 is 0 Å². The van der Waals surface area contributed by atoms with Gasteiger partial charge in [0.2, 0.25) is 0 Å². The third kappa shape index (κ3) is 3.21. The molecule has 2 rings (SSSR count). The first-order chi connectivity index (χ1) is 8.65. The van der Waals surface area contributed by atoms with E-state index in [9.17, 15) is 4.79 Å². The van der Waals surface area contributed by atoms with Crippen molar-refractivity contribution in [2.75, 3.05) is 11.9 Å². The molecule has 94 valence electrons. The van der Waals surface area contributed by atoms with E-state index in [2.05, 4.69) is 20.3 Å². The minimum Gasteiger partial charge on any atom is -0.484 e. The molecule has 0 aliphatic heterocycles. The van der Waals surface area contributed by atoms with Crippen LogP contribution in [0.1, 0.15) is 5.69 Å². The molecule has 1 aromatic carbocycles. The van der Waals surface area contributed by atoms with E-state index in [-0.39, 0.29) is 12.5 Å². The lowest BCUT2D eigenvalue weighted by Crippen LogP contribution is -2.20. The molecule has 0 saturated heterocycles. The van der Waals surface area contributed by atoms with Gasteiger partial charge in [-0.05, 0) is 36.3 Å². The number of carbonyl (C=O) groups excluding carboxylic acids is 1. The summed E-state index contributed by atoms with van der Waals surface area (Å²) < 4.78 is 9.71. The van der Waals surface area contributed by atoms with Crippen LogP contribution in [0, 0.1) is 6.92 Å². The molecule has 0 atom stereocenters. The van der Waals surface area contributed by atoms with Gasteiger partial charge in [0.1, 0.15) is 11.4 Å². The molecule has 0 saturated carbocycles. The van der Waals surface area contributed by atoms with Crippen LogP contribution in [0.25, 0.3) is 0 Å². The second kappa shape index (κ2) is 5.50. The highest BCUT2D eigenvalue weighted by Crippen LogP contribution is 2.15. The summed E-state index contributed by atoms with van der Waals surface area (Å²) >= 11 is 5.73. The van der Waals surface area contributed by atoms with Gasteiger partial charge in [0.05, 0.1) is 0 Å². The molecule has 2 aromatic rings. The molecule has 1 N–H and O–H groups in total. The smallest absolute Gasteiger partial charge is 0.263 e. The van der Waals surface area contributed by atoms with Crippen LogP contribution in [-0.2, 0) is 4.79 Å². The van der Waals surface area contributed by atoms with E-state index in [4.69, 9.17) is 16.3 Å². The van der Waals surface area contributed by atoms with Gasteiger partial charge < -0.3 is 10.1 Å². The third-order valence-electron chi connectivity index (χ3n) is 2.09. The van der Waals surface area contributed by atoms with Gasteiger partial charge in [-0.25, -0.2) is 4.63 Å². The molecular formula is C11H10ClN3O3. The van der Waals surface area contributed by atoms with Crippen molar-refractivity contribution in [3.8, 4) is 5.75 Å². The van der Waals surface area contributed by atoms with Crippen LogP contribution < -0.4 is 10.1 Å². The van der Waals surface area contributed by atoms with Crippen molar-refractivity contribution in [2.45, 2.75) is 6.92 Å². The molecule has 7 heteroatoms. The Morgan fingerprint density at radius 3 is 2.72 bits per heavy atom. The van der Waals surface area contributed by atoms with E-state index >= 15 is 0 Å². The number of nitrogens with one attached hydrogen (secondary N) is 1. The molecule has 1 amide bonds. The number of benzene rings is 1. The molecule has 0 fully saturated rings. The number of carbonyl (C=O) groups is 1. The Labute approximate surface area is 108 Å². The maximum atomic E-state index is 11.5. The molecule has 0 aliphatic carbocycles. The van der Waals surface area contributed by atoms with Crippen LogP contribution in [0.3, 0.4) is 0 Å². The number of ether oxygens (including phenoxy) is 1. The topological polar surface area (TPSA) is 77.3 Å². The van der Waals surface area contributed by atoms with E-state index in [1.807, 2.05) is 0 Å². The summed E-state index contributed by atoms with van der Waals surface area (Å²) in [4.78, 5) is 11.5. The van der Waals surface area contributed by atoms with Crippen LogP contribution in [-0.4, -0.2) is 22.8 Å². The van der Waals surface area contributed by atoms with E-state index in [1.54, 1.807) is 31.2 Å². The lowest BCUT2D eigenvalue weighted by Gasteiger charge is -2.05. The molecule has 6 nitrogen and oxygen atoms in total. The van der Waals surface area contributed by atoms with Gasteiger partial charge in [-0.2, -0.15) is 0 Å². The molecular weight excluding hydrogens is 258 g/mol. The van der Waals surface area contributed by atoms with Crippen LogP contribution >= 0.6 is 11.6 Å². The lowest BCUT2D eigenvalue weighted by atomic mass is 10.3. The quantitative estimate of drug-likeness (QED) is 0.917. The number of halogens is 1. The average Bonchev–Trinajstić information content (AvgIpc) is 2.74. The van der Waals surface area contributed by atoms with Gasteiger partial charge in [0.15, 0.2) is 12.4 Å². The number of aromatic nitrogens is 2. The first-order valence-electron chi connectivity index (χ1n) is 5.12. The highest BCUT2D eigenvalue weighted by Gasteiger charge is 2.09. The minimum absolute atomic E-state index is 0.131. The van der Waals surface area contributed by atoms with Crippen molar-refractivity contribution in [3.05, 3.63) is 35.0 Å². The van der Waals surface area contributed by atoms with Crippen molar-refractivity contribution in [2.24, 2.45) is 0 Å². The fourth-order valence-electron chi connectivity index (χ4n) is 1.19. The van der Waals surface area contributed by atoms with Crippen molar-refractivity contribution in [3.63, 3.8) is 0 Å². The van der Waals surface area contributed by atoms with Crippen LogP contribution in [0.5, 0.6) is 5.75 Å². The van der Waals surface area contributed by atoms with Crippen LogP contribution in [0.4, 0.5) is 5.82 Å². The number of amides is 1. The van der Waals surface area contributed by atoms with E-state index in [0.29, 0.717) is 22.3 Å². The Hall–Kier alpha value is -2.08. The van der Waals surface area contributed by atoms with Gasteiger partial charge in [0, 0.05) is 5.02 Å². The van der Waals surface area contributed by atoms with Gasteiger partial charge in [-0.1, -0.05) is 16.8 Å². The summed E-state index contributed by atoms with van der Waals surface area (Å²) in [6, 6.07) is 6.72. The van der Waals surface area contributed by atoms with Crippen molar-refractivity contribution >= 4 is 23.3 Å². The van der Waals surface area contributed by atoms with Crippen molar-refractivity contribution in [1.29, 1.82) is 0 Å². The number of rotatable bonds is 4. The van der Waals surface area contributed by atoms with Crippen LogP contribution in [0.15, 0.2) is 28.9 Å². The van der Waals surface area contributed by atoms with E-state index in [1.165, 1.54) is 0 Å². The zero-order valence-corrected chi connectivity index (χ0v) is 10.3. The molecule has 18 heavy (non-hydrogen) atoms. The maximum absolute atomic E-state index is 11.5. The summed E-state index contributed by atoms with van der Waals surface area (Å²) in [6.07, 6.45) is 0. The molecule has 0 spiro atoms. The number of aryl methyl sites for hydroxylation is 1. The zero-order valence-electron chi connectivity index (χ0n) is 9.51. The Kier molecular flexibility index (Phi) is 3.78. The molecule has 0 radical (unpaired) electrons. The summed E-state index contributed by atoms with van der Waals surface area (Å²) in [5.74, 6) is 0.507. The predicted octanol–water partition coefficient (Wildman–Crippen LogP) is 2.05. The fourth-order valence-corrected chi connectivity index (χ4v) is 1.32. The zero-order chi connectivity index (χ0) is 13.0. The Balaban J connectivity index is 1.85. The number of hydrogen-bond acceptors (Lipinski definition) is 5. The Bertz CT molecular complexity index is 539. The van der Waals surface area contributed by atoms with Crippen molar-refractivity contribution in [1.82, 2.24) is 10.3 Å². The first-order valence-corrected chi connectivity index (χ1v) is 5.50. The second-order valence-corrected chi connectivity index (χ2v) is 3.93. The summed E-state index contributed by atoms with van der Waals surface area (Å²) in [5.41, 5.74) is 0.509. The average molecular weight is 268 g/mol. The minimum atomic E-state index is -0.344. The predicted molar refractivity (Wildman–Crippen MR) is 64.6 cm³/mol. The largest absolute Gasteiger partial charge is 0.484 e. The highest BCUT2D eigenvalue weighted by atomic mass is 35.5. The monoisotopic (exact) mass is 267 g/mol. The maximum Gasteiger partial charge on any atom is 0.263 e. The Morgan fingerprint density at radius 1 is 1.39 bits per heavy atom. The normalized spacial score (nSPS) is 10.1.